The molecule has 0 radical (unpaired) electrons. The van der Waals surface area contributed by atoms with Gasteiger partial charge in [0.05, 0.1) is 11.8 Å². The van der Waals surface area contributed by atoms with Gasteiger partial charge in [-0.25, -0.2) is 0 Å². The van der Waals surface area contributed by atoms with Gasteiger partial charge in [0.15, 0.2) is 0 Å². The van der Waals surface area contributed by atoms with E-state index in [4.69, 9.17) is 4.74 Å². The van der Waals surface area contributed by atoms with Crippen molar-refractivity contribution in [2.45, 2.75) is 57.6 Å². The van der Waals surface area contributed by atoms with Gasteiger partial charge in [0.2, 0.25) is 6.41 Å². The Kier molecular flexibility index (Phi) is 4.67. The van der Waals surface area contributed by atoms with Crippen LogP contribution >= 0.6 is 0 Å². The first-order valence-electron chi connectivity index (χ1n) is 8.44. The highest BCUT2D eigenvalue weighted by molar-refractivity contribution is 5.75. The van der Waals surface area contributed by atoms with Gasteiger partial charge >= 0.3 is 0 Å². The highest BCUT2D eigenvalue weighted by Gasteiger charge is 2.35. The van der Waals surface area contributed by atoms with Crippen LogP contribution in [0.2, 0.25) is 0 Å². The van der Waals surface area contributed by atoms with Crippen molar-refractivity contribution in [2.24, 2.45) is 0 Å². The number of carbonyl (C=O) groups is 1. The number of hydrogen-bond donors (Lipinski definition) is 1. The molecule has 4 nitrogen and oxygen atoms in total. The Labute approximate surface area is 132 Å². The van der Waals surface area contributed by atoms with Crippen LogP contribution in [0.25, 0.3) is 0 Å². The molecule has 2 aliphatic rings. The average Bonchev–Trinajstić information content (AvgIpc) is 2.97. The zero-order valence-corrected chi connectivity index (χ0v) is 13.5. The Morgan fingerprint density at radius 3 is 2.77 bits per heavy atom. The Hall–Kier alpha value is -1.55. The second-order valence-electron chi connectivity index (χ2n) is 6.68. The fraction of sp³-hybridized carbons (Fsp3) is 0.611. The number of anilines is 1. The van der Waals surface area contributed by atoms with Crippen molar-refractivity contribution in [2.75, 3.05) is 18.4 Å². The highest BCUT2D eigenvalue weighted by Crippen LogP contribution is 2.40. The van der Waals surface area contributed by atoms with E-state index in [0.717, 1.165) is 11.4 Å². The van der Waals surface area contributed by atoms with Crippen molar-refractivity contribution in [3.63, 3.8) is 0 Å². The lowest BCUT2D eigenvalue weighted by molar-refractivity contribution is -0.105. The molecule has 0 unspecified atom stereocenters. The predicted molar refractivity (Wildman–Crippen MR) is 88.5 cm³/mol. The van der Waals surface area contributed by atoms with Crippen LogP contribution in [0.15, 0.2) is 18.2 Å². The summed E-state index contributed by atoms with van der Waals surface area (Å²) in [7, 11) is 0. The minimum Gasteiger partial charge on any atom is -0.489 e. The first-order chi connectivity index (χ1) is 10.7. The van der Waals surface area contributed by atoms with Crippen molar-refractivity contribution >= 4 is 12.1 Å². The van der Waals surface area contributed by atoms with E-state index in [1.54, 1.807) is 0 Å². The van der Waals surface area contributed by atoms with Gasteiger partial charge in [-0.1, -0.05) is 6.07 Å². The maximum Gasteiger partial charge on any atom is 0.211 e. The number of amides is 1. The molecule has 4 heteroatoms. The number of nitrogens with zero attached hydrogens (tertiary/aromatic N) is 1. The van der Waals surface area contributed by atoms with E-state index in [2.05, 4.69) is 22.3 Å². The molecule has 1 aromatic carbocycles. The lowest BCUT2D eigenvalue weighted by Gasteiger charge is -2.37. The molecule has 3 rings (SSSR count). The van der Waals surface area contributed by atoms with Gasteiger partial charge in [-0.3, -0.25) is 9.69 Å². The van der Waals surface area contributed by atoms with E-state index >= 15 is 0 Å². The second-order valence-corrected chi connectivity index (χ2v) is 6.68. The van der Waals surface area contributed by atoms with Gasteiger partial charge in [-0.15, -0.1) is 0 Å². The number of rotatable bonds is 5. The SMILES string of the molecule is CC(C)Oc1cc([C@@H]2CCCN3CCC[C@H]23)ccc1NC=O. The summed E-state index contributed by atoms with van der Waals surface area (Å²) in [6.45, 7) is 6.52. The fourth-order valence-electron chi connectivity index (χ4n) is 3.98. The monoisotopic (exact) mass is 302 g/mol. The molecule has 0 saturated carbocycles. The normalized spacial score (nSPS) is 25.0. The smallest absolute Gasteiger partial charge is 0.211 e. The zero-order chi connectivity index (χ0) is 15.5. The van der Waals surface area contributed by atoms with Gasteiger partial charge in [0.25, 0.3) is 0 Å². The third-order valence-corrected chi connectivity index (χ3v) is 4.85. The first kappa shape index (κ1) is 15.3. The summed E-state index contributed by atoms with van der Waals surface area (Å²) < 4.78 is 5.91. The van der Waals surface area contributed by atoms with Gasteiger partial charge in [-0.2, -0.15) is 0 Å². The third kappa shape index (κ3) is 3.12. The average molecular weight is 302 g/mol. The van der Waals surface area contributed by atoms with Crippen LogP contribution in [0.4, 0.5) is 5.69 Å². The summed E-state index contributed by atoms with van der Waals surface area (Å²) in [5.74, 6) is 1.38. The van der Waals surface area contributed by atoms with Crippen LogP contribution in [0.1, 0.15) is 51.0 Å². The molecular formula is C18H26N2O2. The van der Waals surface area contributed by atoms with Crippen LogP contribution in [-0.4, -0.2) is 36.5 Å². The molecule has 2 fully saturated rings. The number of carbonyl (C=O) groups excluding carboxylic acids is 1. The molecule has 120 valence electrons. The molecule has 2 atom stereocenters. The van der Waals surface area contributed by atoms with Crippen LogP contribution in [0, 0.1) is 0 Å². The summed E-state index contributed by atoms with van der Waals surface area (Å²) in [6.07, 6.45) is 5.96. The van der Waals surface area contributed by atoms with Crippen LogP contribution < -0.4 is 10.1 Å². The molecule has 1 aromatic rings. The summed E-state index contributed by atoms with van der Waals surface area (Å²) in [5, 5.41) is 2.74. The lowest BCUT2D eigenvalue weighted by Crippen LogP contribution is -2.39. The standard InChI is InChI=1S/C18H26N2O2/c1-13(2)22-18-11-14(7-8-16(18)19-12-21)15-5-3-9-20-10-4-6-17(15)20/h7-8,11-13,15,17H,3-6,9-10H2,1-2H3,(H,19,21)/t15-,17+/m0/s1. The summed E-state index contributed by atoms with van der Waals surface area (Å²) in [6, 6.07) is 6.96. The van der Waals surface area contributed by atoms with E-state index < -0.39 is 0 Å². The van der Waals surface area contributed by atoms with Crippen LogP contribution in [0.3, 0.4) is 0 Å². The fourth-order valence-corrected chi connectivity index (χ4v) is 3.98. The second kappa shape index (κ2) is 6.69. The van der Waals surface area contributed by atoms with Crippen molar-refractivity contribution in [3.05, 3.63) is 23.8 Å². The summed E-state index contributed by atoms with van der Waals surface area (Å²) >= 11 is 0. The largest absolute Gasteiger partial charge is 0.489 e. The number of ether oxygens (including phenoxy) is 1. The van der Waals surface area contributed by atoms with E-state index in [-0.39, 0.29) is 6.10 Å². The molecule has 2 heterocycles. The summed E-state index contributed by atoms with van der Waals surface area (Å²) in [4.78, 5) is 13.4. The van der Waals surface area contributed by atoms with Crippen molar-refractivity contribution < 1.29 is 9.53 Å². The number of nitrogens with one attached hydrogen (secondary N) is 1. The Bertz CT molecular complexity index is 530. The van der Waals surface area contributed by atoms with Gasteiger partial charge in [-0.05, 0) is 76.2 Å². The predicted octanol–water partition coefficient (Wildman–Crippen LogP) is 3.38. The number of fused-ring (bicyclic) bond motifs is 1. The maximum absolute atomic E-state index is 10.8. The third-order valence-electron chi connectivity index (χ3n) is 4.85. The molecule has 1 amide bonds. The Balaban J connectivity index is 1.88. The highest BCUT2D eigenvalue weighted by atomic mass is 16.5. The van der Waals surface area contributed by atoms with Gasteiger partial charge in [0.1, 0.15) is 5.75 Å². The van der Waals surface area contributed by atoms with E-state index in [1.807, 2.05) is 19.9 Å². The number of benzene rings is 1. The molecule has 2 aliphatic heterocycles. The van der Waals surface area contributed by atoms with Crippen molar-refractivity contribution in [1.29, 1.82) is 0 Å². The molecule has 0 aliphatic carbocycles. The Morgan fingerprint density at radius 1 is 1.27 bits per heavy atom. The summed E-state index contributed by atoms with van der Waals surface area (Å²) in [5.41, 5.74) is 2.11. The number of hydrogen-bond acceptors (Lipinski definition) is 3. The molecule has 0 spiro atoms. The van der Waals surface area contributed by atoms with Gasteiger partial charge < -0.3 is 10.1 Å². The minimum atomic E-state index is 0.0942. The molecule has 1 N–H and O–H groups in total. The van der Waals surface area contributed by atoms with Crippen LogP contribution in [0.5, 0.6) is 5.75 Å². The van der Waals surface area contributed by atoms with Crippen molar-refractivity contribution in [1.82, 2.24) is 4.90 Å². The maximum atomic E-state index is 10.8. The van der Waals surface area contributed by atoms with Gasteiger partial charge in [0, 0.05) is 6.04 Å². The van der Waals surface area contributed by atoms with E-state index in [1.165, 1.54) is 44.3 Å². The number of piperidine rings is 1. The van der Waals surface area contributed by atoms with Crippen molar-refractivity contribution in [3.8, 4) is 5.75 Å². The van der Waals surface area contributed by atoms with E-state index in [9.17, 15) is 4.79 Å². The molecule has 2 saturated heterocycles. The lowest BCUT2D eigenvalue weighted by atomic mass is 9.83. The molecular weight excluding hydrogens is 276 g/mol. The quantitative estimate of drug-likeness (QED) is 0.848. The molecule has 0 aromatic heterocycles. The molecule has 22 heavy (non-hydrogen) atoms. The molecule has 0 bridgehead atoms. The minimum absolute atomic E-state index is 0.0942. The van der Waals surface area contributed by atoms with E-state index in [0.29, 0.717) is 18.4 Å². The topological polar surface area (TPSA) is 41.6 Å². The zero-order valence-electron chi connectivity index (χ0n) is 13.5. The van der Waals surface area contributed by atoms with Crippen LogP contribution in [-0.2, 0) is 4.79 Å². The Morgan fingerprint density at radius 2 is 2.05 bits per heavy atom. The first-order valence-corrected chi connectivity index (χ1v) is 8.44.